The first-order valence-corrected chi connectivity index (χ1v) is 10.9. The van der Waals surface area contributed by atoms with Crippen LogP contribution in [0, 0.1) is 0 Å². The lowest BCUT2D eigenvalue weighted by molar-refractivity contribution is 0.0908. The van der Waals surface area contributed by atoms with Gasteiger partial charge in [-0.05, 0) is 38.1 Å². The Morgan fingerprint density at radius 1 is 1.21 bits per heavy atom. The molecule has 1 saturated heterocycles. The van der Waals surface area contributed by atoms with Gasteiger partial charge in [-0.1, -0.05) is 0 Å². The minimum atomic E-state index is -0.497. The molecule has 0 spiro atoms. The Hall–Kier alpha value is -4.19. The van der Waals surface area contributed by atoms with Crippen molar-refractivity contribution in [1.82, 2.24) is 34.7 Å². The molecule has 0 atom stereocenters. The van der Waals surface area contributed by atoms with Crippen molar-refractivity contribution in [3.63, 3.8) is 0 Å². The van der Waals surface area contributed by atoms with E-state index in [1.165, 1.54) is 7.11 Å². The molecule has 1 fully saturated rings. The maximum absolute atomic E-state index is 12.3. The molecule has 4 aromatic rings. The molecule has 1 aliphatic heterocycles. The fraction of sp³-hybridized carbons (Fsp3) is 0.318. The summed E-state index contributed by atoms with van der Waals surface area (Å²) in [6.45, 7) is 1.69. The molecule has 5 rings (SSSR count). The number of carbonyl (C=O) groups is 1. The predicted octanol–water partition coefficient (Wildman–Crippen LogP) is 2.58. The van der Waals surface area contributed by atoms with Crippen LogP contribution in [0.4, 0.5) is 22.1 Å². The van der Waals surface area contributed by atoms with Crippen LogP contribution in [0.15, 0.2) is 43.0 Å². The second-order valence-electron chi connectivity index (χ2n) is 7.92. The van der Waals surface area contributed by atoms with E-state index in [-0.39, 0.29) is 6.10 Å². The summed E-state index contributed by atoms with van der Waals surface area (Å²) in [7, 11) is 3.39. The minimum Gasteiger partial charge on any atom is -0.494 e. The average molecular weight is 464 g/mol. The Balaban J connectivity index is 1.32. The topological polar surface area (TPSA) is 133 Å². The number of nitrogens with one attached hydrogen (secondary N) is 3. The van der Waals surface area contributed by atoms with Gasteiger partial charge in [-0.3, -0.25) is 15.0 Å². The van der Waals surface area contributed by atoms with E-state index in [4.69, 9.17) is 9.47 Å². The number of anilines is 3. The molecular weight excluding hydrogens is 438 g/mol. The monoisotopic (exact) mass is 463 g/mol. The summed E-state index contributed by atoms with van der Waals surface area (Å²) in [4.78, 5) is 21.1. The van der Waals surface area contributed by atoms with Gasteiger partial charge in [0.2, 0.25) is 5.95 Å². The maximum Gasteiger partial charge on any atom is 0.412 e. The number of ether oxygens (including phenoxy) is 2. The zero-order valence-corrected chi connectivity index (χ0v) is 18.9. The van der Waals surface area contributed by atoms with E-state index in [1.807, 2.05) is 13.2 Å². The molecule has 3 N–H and O–H groups in total. The lowest BCUT2D eigenvalue weighted by atomic mass is 10.1. The molecule has 12 heteroatoms. The van der Waals surface area contributed by atoms with Crippen LogP contribution in [0.5, 0.6) is 5.75 Å². The molecule has 0 radical (unpaired) electrons. The van der Waals surface area contributed by atoms with Crippen LogP contribution in [0.1, 0.15) is 12.8 Å². The first-order chi connectivity index (χ1) is 16.6. The van der Waals surface area contributed by atoms with Gasteiger partial charge in [0.25, 0.3) is 0 Å². The number of benzene rings is 1. The Morgan fingerprint density at radius 3 is 2.82 bits per heavy atom. The minimum absolute atomic E-state index is 0.0830. The van der Waals surface area contributed by atoms with Crippen LogP contribution in [0.3, 0.4) is 0 Å². The quantitative estimate of drug-likeness (QED) is 0.395. The first-order valence-electron chi connectivity index (χ1n) is 10.9. The molecule has 3 aromatic heterocycles. The van der Waals surface area contributed by atoms with E-state index in [2.05, 4.69) is 36.1 Å². The summed E-state index contributed by atoms with van der Waals surface area (Å²) in [5.74, 6) is 0.875. The smallest absolute Gasteiger partial charge is 0.412 e. The van der Waals surface area contributed by atoms with E-state index in [1.54, 1.807) is 46.0 Å². The Kier molecular flexibility index (Phi) is 5.95. The van der Waals surface area contributed by atoms with E-state index in [0.29, 0.717) is 28.7 Å². The van der Waals surface area contributed by atoms with Crippen LogP contribution in [-0.2, 0) is 11.8 Å². The number of nitrogens with zero attached hydrogens (tertiary/aromatic N) is 6. The van der Waals surface area contributed by atoms with Crippen molar-refractivity contribution in [2.45, 2.75) is 18.9 Å². The van der Waals surface area contributed by atoms with Crippen LogP contribution in [-0.4, -0.2) is 61.8 Å². The largest absolute Gasteiger partial charge is 0.494 e. The average Bonchev–Trinajstić information content (AvgIpc) is 3.46. The van der Waals surface area contributed by atoms with Crippen LogP contribution < -0.4 is 20.7 Å². The molecule has 4 heterocycles. The highest BCUT2D eigenvalue weighted by Crippen LogP contribution is 2.30. The number of aryl methyl sites for hydroxylation is 1. The number of methoxy groups -OCH3 is 1. The van der Waals surface area contributed by atoms with Gasteiger partial charge < -0.3 is 20.1 Å². The van der Waals surface area contributed by atoms with Crippen LogP contribution in [0.25, 0.3) is 16.9 Å². The molecule has 12 nitrogen and oxygen atoms in total. The molecule has 0 aliphatic carbocycles. The van der Waals surface area contributed by atoms with Crippen molar-refractivity contribution >= 4 is 29.1 Å². The molecule has 0 unspecified atom stereocenters. The molecule has 1 aromatic carbocycles. The highest BCUT2D eigenvalue weighted by molar-refractivity contribution is 5.87. The van der Waals surface area contributed by atoms with Gasteiger partial charge in [0.1, 0.15) is 11.9 Å². The van der Waals surface area contributed by atoms with Gasteiger partial charge in [0, 0.05) is 30.6 Å². The number of aromatic nitrogens is 6. The van der Waals surface area contributed by atoms with E-state index < -0.39 is 6.09 Å². The molecule has 0 saturated carbocycles. The first kappa shape index (κ1) is 21.6. The molecule has 0 bridgehead atoms. The summed E-state index contributed by atoms with van der Waals surface area (Å²) >= 11 is 0. The number of hydrogen-bond donors (Lipinski definition) is 3. The van der Waals surface area contributed by atoms with Gasteiger partial charge in [0.05, 0.1) is 37.1 Å². The molecule has 34 heavy (non-hydrogen) atoms. The van der Waals surface area contributed by atoms with Gasteiger partial charge in [-0.25, -0.2) is 9.31 Å². The van der Waals surface area contributed by atoms with Gasteiger partial charge in [-0.15, -0.1) is 5.10 Å². The summed E-state index contributed by atoms with van der Waals surface area (Å²) in [5, 5.41) is 18.0. The number of amides is 1. The molecular formula is C22H25N9O3. The third-order valence-electron chi connectivity index (χ3n) is 5.50. The maximum atomic E-state index is 12.3. The summed E-state index contributed by atoms with van der Waals surface area (Å²) in [5.41, 5.74) is 3.45. The molecule has 1 aliphatic rings. The standard InChI is InChI=1S/C22H25N9O3/c1-30-13-14(10-25-30)18-11-24-12-20-28-21(29-31(18)20)26-15-3-4-17(19(9-15)33-2)27-22(32)34-16-5-7-23-8-6-16/h3-4,9-13,16,23H,5-8H2,1-2H3,(H,26,29)(H,27,32). The summed E-state index contributed by atoms with van der Waals surface area (Å²) < 4.78 is 14.4. The highest BCUT2D eigenvalue weighted by Gasteiger charge is 2.19. The van der Waals surface area contributed by atoms with Crippen molar-refractivity contribution in [2.24, 2.45) is 7.05 Å². The second kappa shape index (κ2) is 9.35. The zero-order chi connectivity index (χ0) is 23.5. The fourth-order valence-corrected chi connectivity index (χ4v) is 3.82. The normalized spacial score (nSPS) is 14.2. The summed E-state index contributed by atoms with van der Waals surface area (Å²) in [6.07, 6.45) is 8.02. The number of hydrogen-bond acceptors (Lipinski definition) is 9. The fourth-order valence-electron chi connectivity index (χ4n) is 3.82. The lowest BCUT2D eigenvalue weighted by Crippen LogP contribution is -2.34. The van der Waals surface area contributed by atoms with Crippen molar-refractivity contribution < 1.29 is 14.3 Å². The van der Waals surface area contributed by atoms with Crippen LogP contribution >= 0.6 is 0 Å². The van der Waals surface area contributed by atoms with Crippen molar-refractivity contribution in [3.05, 3.63) is 43.0 Å². The number of fused-ring (bicyclic) bond motifs is 1. The Bertz CT molecular complexity index is 1310. The molecule has 176 valence electrons. The number of rotatable bonds is 6. The van der Waals surface area contributed by atoms with Crippen molar-refractivity contribution in [3.8, 4) is 17.0 Å². The Morgan fingerprint density at radius 2 is 2.06 bits per heavy atom. The third kappa shape index (κ3) is 4.62. The van der Waals surface area contributed by atoms with Crippen molar-refractivity contribution in [2.75, 3.05) is 30.8 Å². The highest BCUT2D eigenvalue weighted by atomic mass is 16.6. The van der Waals surface area contributed by atoms with E-state index in [9.17, 15) is 4.79 Å². The summed E-state index contributed by atoms with van der Waals surface area (Å²) in [6, 6.07) is 5.30. The van der Waals surface area contributed by atoms with E-state index >= 15 is 0 Å². The van der Waals surface area contributed by atoms with E-state index in [0.717, 1.165) is 37.2 Å². The predicted molar refractivity (Wildman–Crippen MR) is 125 cm³/mol. The number of carbonyl (C=O) groups excluding carboxylic acids is 1. The number of piperidine rings is 1. The van der Waals surface area contributed by atoms with Gasteiger partial charge in [0.15, 0.2) is 5.65 Å². The SMILES string of the molecule is COc1cc(Nc2nc3cncc(-c4cnn(C)c4)n3n2)ccc1NC(=O)OC1CCNCC1. The Labute approximate surface area is 195 Å². The molecule has 1 amide bonds. The third-order valence-corrected chi connectivity index (χ3v) is 5.50. The lowest BCUT2D eigenvalue weighted by Gasteiger charge is -2.23. The zero-order valence-electron chi connectivity index (χ0n) is 18.9. The second-order valence-corrected chi connectivity index (χ2v) is 7.92. The van der Waals surface area contributed by atoms with Gasteiger partial charge in [-0.2, -0.15) is 10.1 Å². The van der Waals surface area contributed by atoms with Crippen LogP contribution in [0.2, 0.25) is 0 Å². The van der Waals surface area contributed by atoms with Crippen molar-refractivity contribution in [1.29, 1.82) is 0 Å². The van der Waals surface area contributed by atoms with Gasteiger partial charge >= 0.3 is 6.09 Å².